The molecule has 0 aliphatic carbocycles. The number of pyridine rings is 1. The van der Waals surface area contributed by atoms with Crippen LogP contribution in [0.15, 0.2) is 67.0 Å². The number of ether oxygens (including phenoxy) is 1. The normalized spacial score (nSPS) is 13.8. The van der Waals surface area contributed by atoms with Gasteiger partial charge in [0.15, 0.2) is 0 Å². The molecule has 0 atom stereocenters. The second-order valence-corrected chi connectivity index (χ2v) is 8.67. The molecule has 5 rings (SSSR count). The molecule has 3 heterocycles. The van der Waals surface area contributed by atoms with Crippen LogP contribution in [0.3, 0.4) is 0 Å². The van der Waals surface area contributed by atoms with E-state index >= 15 is 0 Å². The summed E-state index contributed by atoms with van der Waals surface area (Å²) in [5, 5.41) is 2.63. The van der Waals surface area contributed by atoms with Crippen LogP contribution in [-0.2, 0) is 10.9 Å². The molecule has 1 aliphatic rings. The largest absolute Gasteiger partial charge is 0.416 e. The second-order valence-electron chi connectivity index (χ2n) is 8.67. The number of fused-ring (bicyclic) bond motifs is 1. The molecule has 0 radical (unpaired) electrons. The topological polar surface area (TPSA) is 58.9 Å². The Hall–Kier alpha value is -4.29. The Balaban J connectivity index is 1.42. The van der Waals surface area contributed by atoms with Crippen molar-refractivity contribution >= 4 is 22.9 Å². The highest BCUT2D eigenvalue weighted by Gasteiger charge is 2.32. The number of aryl methyl sites for hydroxylation is 1. The Labute approximate surface area is 211 Å². The maximum Gasteiger partial charge on any atom is 0.416 e. The van der Waals surface area contributed by atoms with E-state index in [0.29, 0.717) is 48.8 Å². The molecule has 0 spiro atoms. The summed E-state index contributed by atoms with van der Waals surface area (Å²) in [4.78, 5) is 19.2. The molecule has 4 aromatic rings. The number of rotatable bonds is 3. The molecule has 0 saturated carbocycles. The van der Waals surface area contributed by atoms with Gasteiger partial charge in [-0.3, -0.25) is 9.20 Å². The van der Waals surface area contributed by atoms with E-state index in [1.165, 1.54) is 0 Å². The van der Waals surface area contributed by atoms with E-state index in [1.54, 1.807) is 30.5 Å². The van der Waals surface area contributed by atoms with Gasteiger partial charge in [0, 0.05) is 41.8 Å². The predicted molar refractivity (Wildman–Crippen MR) is 135 cm³/mol. The van der Waals surface area contributed by atoms with Crippen LogP contribution >= 0.6 is 0 Å². The van der Waals surface area contributed by atoms with Gasteiger partial charge in [-0.2, -0.15) is 13.2 Å². The molecule has 1 fully saturated rings. The highest BCUT2D eigenvalue weighted by Crippen LogP contribution is 2.35. The summed E-state index contributed by atoms with van der Waals surface area (Å²) in [6.07, 6.45) is -1.01. The third-order valence-corrected chi connectivity index (χ3v) is 6.12. The van der Waals surface area contributed by atoms with E-state index in [4.69, 9.17) is 4.74 Å². The van der Waals surface area contributed by atoms with E-state index in [1.807, 2.05) is 40.6 Å². The fourth-order valence-corrected chi connectivity index (χ4v) is 4.11. The zero-order valence-electron chi connectivity index (χ0n) is 20.0. The van der Waals surface area contributed by atoms with Gasteiger partial charge in [-0.1, -0.05) is 18.1 Å². The monoisotopic (exact) mass is 504 g/mol. The van der Waals surface area contributed by atoms with Crippen LogP contribution in [0.2, 0.25) is 0 Å². The number of hydrogen-bond acceptors (Lipinski definition) is 4. The van der Waals surface area contributed by atoms with Crippen molar-refractivity contribution in [2.24, 2.45) is 0 Å². The van der Waals surface area contributed by atoms with Crippen molar-refractivity contribution in [1.29, 1.82) is 0 Å². The molecule has 9 heteroatoms. The molecule has 6 nitrogen and oxygen atoms in total. The van der Waals surface area contributed by atoms with Gasteiger partial charge in [0.25, 0.3) is 5.91 Å². The number of halogens is 3. The highest BCUT2D eigenvalue weighted by atomic mass is 19.4. The van der Waals surface area contributed by atoms with Crippen LogP contribution in [0, 0.1) is 18.8 Å². The van der Waals surface area contributed by atoms with Crippen molar-refractivity contribution in [3.8, 4) is 11.8 Å². The summed E-state index contributed by atoms with van der Waals surface area (Å²) in [6.45, 7) is 3.68. The Kier molecular flexibility index (Phi) is 6.59. The molecule has 2 aromatic carbocycles. The van der Waals surface area contributed by atoms with E-state index in [9.17, 15) is 18.0 Å². The Bertz CT molecular complexity index is 1530. The third-order valence-electron chi connectivity index (χ3n) is 6.12. The van der Waals surface area contributed by atoms with Gasteiger partial charge in [-0.25, -0.2) is 4.98 Å². The molecule has 0 bridgehead atoms. The first-order chi connectivity index (χ1) is 17.8. The summed E-state index contributed by atoms with van der Waals surface area (Å²) in [6, 6.07) is 14.3. The number of morpholine rings is 1. The molecule has 1 saturated heterocycles. The number of aromatic nitrogens is 2. The minimum Gasteiger partial charge on any atom is -0.378 e. The molecular formula is C28H23F3N4O2. The number of imidazole rings is 1. The first kappa shape index (κ1) is 24.4. The average Bonchev–Trinajstić information content (AvgIpc) is 3.31. The number of nitrogens with zero attached hydrogens (tertiary/aromatic N) is 3. The van der Waals surface area contributed by atoms with Gasteiger partial charge in [0.2, 0.25) is 0 Å². The van der Waals surface area contributed by atoms with E-state index in [2.05, 4.69) is 22.1 Å². The van der Waals surface area contributed by atoms with Crippen molar-refractivity contribution in [2.45, 2.75) is 13.1 Å². The minimum absolute atomic E-state index is 0.0697. The number of benzene rings is 2. The molecular weight excluding hydrogens is 481 g/mol. The van der Waals surface area contributed by atoms with Crippen molar-refractivity contribution in [1.82, 2.24) is 9.38 Å². The quantitative estimate of drug-likeness (QED) is 0.392. The number of alkyl halides is 3. The van der Waals surface area contributed by atoms with Crippen molar-refractivity contribution in [3.05, 3.63) is 94.9 Å². The molecule has 1 N–H and O–H groups in total. The van der Waals surface area contributed by atoms with Gasteiger partial charge in [0.1, 0.15) is 11.3 Å². The molecule has 188 valence electrons. The van der Waals surface area contributed by atoms with Crippen molar-refractivity contribution < 1.29 is 22.7 Å². The Morgan fingerprint density at radius 1 is 1.05 bits per heavy atom. The zero-order valence-corrected chi connectivity index (χ0v) is 20.0. The lowest BCUT2D eigenvalue weighted by atomic mass is 10.0. The van der Waals surface area contributed by atoms with Crippen LogP contribution in [0.25, 0.3) is 5.65 Å². The van der Waals surface area contributed by atoms with Gasteiger partial charge in [0.05, 0.1) is 25.0 Å². The minimum atomic E-state index is -4.55. The van der Waals surface area contributed by atoms with Crippen LogP contribution in [0.1, 0.15) is 32.7 Å². The summed E-state index contributed by atoms with van der Waals surface area (Å²) in [5.41, 5.74) is 2.90. The Morgan fingerprint density at radius 3 is 2.65 bits per heavy atom. The average molecular weight is 505 g/mol. The van der Waals surface area contributed by atoms with Gasteiger partial charge in [-0.15, -0.1) is 0 Å². The molecule has 1 amide bonds. The molecule has 0 unspecified atom stereocenters. The number of anilines is 2. The predicted octanol–water partition coefficient (Wildman–Crippen LogP) is 5.15. The van der Waals surface area contributed by atoms with Crippen molar-refractivity contribution in [3.63, 3.8) is 0 Å². The lowest BCUT2D eigenvalue weighted by Crippen LogP contribution is -2.36. The highest BCUT2D eigenvalue weighted by molar-refractivity contribution is 6.04. The summed E-state index contributed by atoms with van der Waals surface area (Å²) in [5.74, 6) is 5.65. The molecule has 37 heavy (non-hydrogen) atoms. The SMILES string of the molecule is Cc1ccc(C(=O)Nc2cc(N3CCOCC3)cc(C(F)(F)F)c2)cc1C#Cc1cnc2ccccn12. The zero-order chi connectivity index (χ0) is 26.0. The van der Waals surface area contributed by atoms with Crippen LogP contribution in [0.5, 0.6) is 0 Å². The number of carbonyl (C=O) groups excluding carboxylic acids is 1. The first-order valence-corrected chi connectivity index (χ1v) is 11.7. The lowest BCUT2D eigenvalue weighted by molar-refractivity contribution is -0.137. The van der Waals surface area contributed by atoms with Gasteiger partial charge in [-0.05, 0) is 60.9 Å². The van der Waals surface area contributed by atoms with Crippen LogP contribution < -0.4 is 10.2 Å². The van der Waals surface area contributed by atoms with Crippen LogP contribution in [0.4, 0.5) is 24.5 Å². The maximum atomic E-state index is 13.6. The van der Waals surface area contributed by atoms with Crippen LogP contribution in [-0.4, -0.2) is 41.6 Å². The molecule has 2 aromatic heterocycles. The standard InChI is InChI=1S/C28H23F3N4O2/c1-19-5-6-21(14-20(19)7-8-24-18-32-26-4-2-3-9-35(24)26)27(36)33-23-15-22(28(29,30)31)16-25(17-23)34-10-12-37-13-11-34/h2-6,9,14-18H,10-13H2,1H3,(H,33,36). The number of hydrogen-bond donors (Lipinski definition) is 1. The van der Waals surface area contributed by atoms with E-state index in [0.717, 1.165) is 23.3 Å². The number of nitrogens with one attached hydrogen (secondary N) is 1. The molecule has 1 aliphatic heterocycles. The Morgan fingerprint density at radius 2 is 1.86 bits per heavy atom. The number of carbonyl (C=O) groups is 1. The maximum absolute atomic E-state index is 13.6. The van der Waals surface area contributed by atoms with Crippen molar-refractivity contribution in [2.75, 3.05) is 36.5 Å². The summed E-state index contributed by atoms with van der Waals surface area (Å²) >= 11 is 0. The lowest BCUT2D eigenvalue weighted by Gasteiger charge is -2.29. The fraction of sp³-hybridized carbons (Fsp3) is 0.214. The fourth-order valence-electron chi connectivity index (χ4n) is 4.11. The van der Waals surface area contributed by atoms with Gasteiger partial charge >= 0.3 is 6.18 Å². The third kappa shape index (κ3) is 5.44. The summed E-state index contributed by atoms with van der Waals surface area (Å²) < 4.78 is 47.9. The number of amides is 1. The van der Waals surface area contributed by atoms with Gasteiger partial charge < -0.3 is 15.0 Å². The first-order valence-electron chi connectivity index (χ1n) is 11.7. The second kappa shape index (κ2) is 9.99. The van der Waals surface area contributed by atoms with E-state index in [-0.39, 0.29) is 5.69 Å². The van der Waals surface area contributed by atoms with E-state index < -0.39 is 17.6 Å². The summed E-state index contributed by atoms with van der Waals surface area (Å²) in [7, 11) is 0. The smallest absolute Gasteiger partial charge is 0.378 e.